The van der Waals surface area contributed by atoms with Gasteiger partial charge in [0.2, 0.25) is 10.0 Å². The average Bonchev–Trinajstić information content (AvgIpc) is 2.57. The van der Waals surface area contributed by atoms with Gasteiger partial charge in [0, 0.05) is 6.04 Å². The van der Waals surface area contributed by atoms with E-state index in [1.807, 2.05) is 20.8 Å². The fourth-order valence-corrected chi connectivity index (χ4v) is 2.85. The van der Waals surface area contributed by atoms with E-state index in [0.29, 0.717) is 5.92 Å². The number of aromatic nitrogens is 2. The Morgan fingerprint density at radius 1 is 1.28 bits per heavy atom. The molecule has 0 aliphatic carbocycles. The van der Waals surface area contributed by atoms with E-state index in [4.69, 9.17) is 5.73 Å². The van der Waals surface area contributed by atoms with Crippen LogP contribution in [0.3, 0.4) is 0 Å². The van der Waals surface area contributed by atoms with Crippen LogP contribution in [0.5, 0.6) is 0 Å². The molecule has 1 heterocycles. The molecule has 1 unspecified atom stereocenters. The molecule has 0 aliphatic heterocycles. The maximum atomic E-state index is 12.0. The lowest BCUT2D eigenvalue weighted by Crippen LogP contribution is -2.30. The number of nitrogens with one attached hydrogen (secondary N) is 1. The van der Waals surface area contributed by atoms with Crippen LogP contribution in [0, 0.1) is 5.92 Å². The van der Waals surface area contributed by atoms with E-state index < -0.39 is 10.0 Å². The standard InChI is InChI=1S/C11H22N4O2S/c1-7(2)9(5)15-11(12)10(6-13-15)18(16,17)14-8(3)4/h6-9,14H,12H2,1-5H3. The molecule has 18 heavy (non-hydrogen) atoms. The first-order valence-electron chi connectivity index (χ1n) is 6.02. The van der Waals surface area contributed by atoms with Gasteiger partial charge in [-0.2, -0.15) is 5.10 Å². The van der Waals surface area contributed by atoms with Crippen molar-refractivity contribution in [3.8, 4) is 0 Å². The molecule has 0 amide bonds. The topological polar surface area (TPSA) is 90.0 Å². The highest BCUT2D eigenvalue weighted by atomic mass is 32.2. The Kier molecular flexibility index (Phi) is 4.39. The Morgan fingerprint density at radius 3 is 2.28 bits per heavy atom. The van der Waals surface area contributed by atoms with Gasteiger partial charge >= 0.3 is 0 Å². The minimum Gasteiger partial charge on any atom is -0.383 e. The minimum absolute atomic E-state index is 0.0451. The van der Waals surface area contributed by atoms with Crippen molar-refractivity contribution in [3.05, 3.63) is 6.20 Å². The first-order chi connectivity index (χ1) is 8.16. The summed E-state index contributed by atoms with van der Waals surface area (Å²) in [6, 6.07) is -0.131. The first-order valence-corrected chi connectivity index (χ1v) is 7.50. The molecule has 104 valence electrons. The van der Waals surface area contributed by atoms with E-state index >= 15 is 0 Å². The highest BCUT2D eigenvalue weighted by Gasteiger charge is 2.24. The number of nitrogens with zero attached hydrogens (tertiary/aromatic N) is 2. The molecule has 0 spiro atoms. The molecule has 1 aromatic rings. The summed E-state index contributed by atoms with van der Waals surface area (Å²) in [6.45, 7) is 9.54. The number of sulfonamides is 1. The number of nitrogens with two attached hydrogens (primary N) is 1. The highest BCUT2D eigenvalue weighted by Crippen LogP contribution is 2.24. The molecule has 6 nitrogen and oxygen atoms in total. The van der Waals surface area contributed by atoms with Gasteiger partial charge in [0.25, 0.3) is 0 Å². The third-order valence-corrected chi connectivity index (χ3v) is 4.50. The van der Waals surface area contributed by atoms with Crippen molar-refractivity contribution in [2.75, 3.05) is 5.73 Å². The van der Waals surface area contributed by atoms with E-state index in [1.54, 1.807) is 18.5 Å². The average molecular weight is 274 g/mol. The van der Waals surface area contributed by atoms with Crippen LogP contribution in [0.25, 0.3) is 0 Å². The minimum atomic E-state index is -3.59. The van der Waals surface area contributed by atoms with E-state index in [-0.39, 0.29) is 22.8 Å². The molecule has 1 atom stereocenters. The third-order valence-electron chi connectivity index (χ3n) is 2.83. The fourth-order valence-electron chi connectivity index (χ4n) is 1.54. The van der Waals surface area contributed by atoms with Gasteiger partial charge in [-0.1, -0.05) is 13.8 Å². The van der Waals surface area contributed by atoms with Gasteiger partial charge in [-0.25, -0.2) is 17.8 Å². The third kappa shape index (κ3) is 3.02. The van der Waals surface area contributed by atoms with Gasteiger partial charge in [-0.05, 0) is 26.7 Å². The van der Waals surface area contributed by atoms with E-state index in [2.05, 4.69) is 9.82 Å². The summed E-state index contributed by atoms with van der Waals surface area (Å²) in [6.07, 6.45) is 1.30. The normalized spacial score (nSPS) is 14.4. The molecule has 0 saturated carbocycles. The molecule has 0 aromatic carbocycles. The quantitative estimate of drug-likeness (QED) is 0.848. The SMILES string of the molecule is CC(C)NS(=O)(=O)c1cnn(C(C)C(C)C)c1N. The predicted octanol–water partition coefficient (Wildman–Crippen LogP) is 1.37. The molecular formula is C11H22N4O2S. The molecule has 1 rings (SSSR count). The number of rotatable bonds is 5. The molecule has 0 bridgehead atoms. The molecule has 1 aromatic heterocycles. The van der Waals surface area contributed by atoms with Crippen LogP contribution in [0.4, 0.5) is 5.82 Å². The van der Waals surface area contributed by atoms with Crippen molar-refractivity contribution in [1.29, 1.82) is 0 Å². The fraction of sp³-hybridized carbons (Fsp3) is 0.727. The van der Waals surface area contributed by atoms with Crippen molar-refractivity contribution in [3.63, 3.8) is 0 Å². The molecule has 0 saturated heterocycles. The van der Waals surface area contributed by atoms with Crippen LogP contribution < -0.4 is 10.5 Å². The van der Waals surface area contributed by atoms with E-state index in [9.17, 15) is 8.42 Å². The predicted molar refractivity (Wildman–Crippen MR) is 71.6 cm³/mol. The van der Waals surface area contributed by atoms with Crippen molar-refractivity contribution >= 4 is 15.8 Å². The second-order valence-electron chi connectivity index (χ2n) is 5.10. The van der Waals surface area contributed by atoms with Gasteiger partial charge in [-0.15, -0.1) is 0 Å². The van der Waals surface area contributed by atoms with Gasteiger partial charge in [0.05, 0.1) is 12.2 Å². The summed E-state index contributed by atoms with van der Waals surface area (Å²) in [5.41, 5.74) is 5.89. The van der Waals surface area contributed by atoms with Crippen LogP contribution in [-0.4, -0.2) is 24.2 Å². The molecular weight excluding hydrogens is 252 g/mol. The Bertz CT molecular complexity index is 505. The Labute approximate surface area is 109 Å². The Balaban J connectivity index is 3.15. The van der Waals surface area contributed by atoms with Crippen molar-refractivity contribution in [2.45, 2.75) is 51.6 Å². The summed E-state index contributed by atoms with van der Waals surface area (Å²) in [7, 11) is -3.59. The number of anilines is 1. The molecule has 0 aliphatic rings. The second-order valence-corrected chi connectivity index (χ2v) is 6.78. The van der Waals surface area contributed by atoms with Gasteiger partial charge < -0.3 is 5.73 Å². The maximum Gasteiger partial charge on any atom is 0.246 e. The van der Waals surface area contributed by atoms with Gasteiger partial charge in [0.15, 0.2) is 0 Å². The van der Waals surface area contributed by atoms with Crippen molar-refractivity contribution in [1.82, 2.24) is 14.5 Å². The molecule has 3 N–H and O–H groups in total. The summed E-state index contributed by atoms with van der Waals surface area (Å²) in [4.78, 5) is 0.0451. The summed E-state index contributed by atoms with van der Waals surface area (Å²) in [5.74, 6) is 0.505. The largest absolute Gasteiger partial charge is 0.383 e. The van der Waals surface area contributed by atoms with Crippen molar-refractivity contribution < 1.29 is 8.42 Å². The van der Waals surface area contributed by atoms with Crippen LogP contribution in [0.1, 0.15) is 40.7 Å². The van der Waals surface area contributed by atoms with Crippen molar-refractivity contribution in [2.24, 2.45) is 5.92 Å². The lowest BCUT2D eigenvalue weighted by atomic mass is 10.1. The smallest absolute Gasteiger partial charge is 0.246 e. The number of nitrogen functional groups attached to an aromatic ring is 1. The highest BCUT2D eigenvalue weighted by molar-refractivity contribution is 7.89. The van der Waals surface area contributed by atoms with Crippen LogP contribution in [0.2, 0.25) is 0 Å². The second kappa shape index (κ2) is 5.27. The molecule has 0 radical (unpaired) electrons. The van der Waals surface area contributed by atoms with Crippen LogP contribution in [-0.2, 0) is 10.0 Å². The number of hydrogen-bond donors (Lipinski definition) is 2. The Hall–Kier alpha value is -1.08. The van der Waals surface area contributed by atoms with Gasteiger partial charge in [-0.3, -0.25) is 0 Å². The summed E-state index contributed by atoms with van der Waals surface area (Å²) in [5, 5.41) is 4.08. The Morgan fingerprint density at radius 2 is 1.83 bits per heavy atom. The number of hydrogen-bond acceptors (Lipinski definition) is 4. The zero-order valence-corrected chi connectivity index (χ0v) is 12.3. The van der Waals surface area contributed by atoms with Crippen LogP contribution in [0.15, 0.2) is 11.1 Å². The molecule has 0 fully saturated rings. The van der Waals surface area contributed by atoms with E-state index in [1.165, 1.54) is 6.20 Å². The van der Waals surface area contributed by atoms with E-state index in [0.717, 1.165) is 0 Å². The first kappa shape index (κ1) is 15.0. The zero-order chi connectivity index (χ0) is 14.1. The monoisotopic (exact) mass is 274 g/mol. The summed E-state index contributed by atoms with van der Waals surface area (Å²) < 4.78 is 28.1. The lowest BCUT2D eigenvalue weighted by molar-refractivity contribution is 0.380. The van der Waals surface area contributed by atoms with Crippen LogP contribution >= 0.6 is 0 Å². The zero-order valence-electron chi connectivity index (χ0n) is 11.5. The maximum absolute atomic E-state index is 12.0. The lowest BCUT2D eigenvalue weighted by Gasteiger charge is -2.17. The van der Waals surface area contributed by atoms with Gasteiger partial charge in [0.1, 0.15) is 10.7 Å². The molecule has 7 heteroatoms. The summed E-state index contributed by atoms with van der Waals surface area (Å²) >= 11 is 0.